The van der Waals surface area contributed by atoms with Gasteiger partial charge in [-0.2, -0.15) is 0 Å². The van der Waals surface area contributed by atoms with E-state index in [1.807, 2.05) is 30.3 Å². The van der Waals surface area contributed by atoms with E-state index >= 15 is 0 Å². The van der Waals surface area contributed by atoms with Crippen LogP contribution in [0.15, 0.2) is 66.9 Å². The van der Waals surface area contributed by atoms with E-state index in [1.54, 1.807) is 25.3 Å². The highest BCUT2D eigenvalue weighted by Gasteiger charge is 2.32. The van der Waals surface area contributed by atoms with Crippen LogP contribution in [0.2, 0.25) is 5.15 Å². The number of nitrogens with one attached hydrogen (secondary N) is 1. The molecule has 0 spiro atoms. The standard InChI is InChI=1S/C29H26ClF3N4O3/c1-39-21-6-4-19(5-7-21)3-2-13-36-14-11-25-24(18-36)23-9-8-22(40-29(31,32)33)16-26(23)37(25)28(38)35-17-20-10-12-34-27(30)15-20/h2-10,12,15-16H,11,13-14,17-18H2,1H3,(H,35,38)/b3-2+. The Balaban J connectivity index is 1.40. The number of carbonyl (C=O) groups is 1. The van der Waals surface area contributed by atoms with Crippen LogP contribution in [0.4, 0.5) is 18.0 Å². The summed E-state index contributed by atoms with van der Waals surface area (Å²) in [5.41, 5.74) is 3.81. The van der Waals surface area contributed by atoms with Gasteiger partial charge in [0.05, 0.1) is 12.6 Å². The molecule has 7 nitrogen and oxygen atoms in total. The van der Waals surface area contributed by atoms with E-state index in [9.17, 15) is 18.0 Å². The molecule has 0 aliphatic carbocycles. The van der Waals surface area contributed by atoms with Gasteiger partial charge in [0.25, 0.3) is 0 Å². The topological polar surface area (TPSA) is 68.6 Å². The van der Waals surface area contributed by atoms with Crippen LogP contribution < -0.4 is 14.8 Å². The number of halogens is 4. The van der Waals surface area contributed by atoms with Gasteiger partial charge in [0.15, 0.2) is 0 Å². The second kappa shape index (κ2) is 11.6. The molecule has 1 amide bonds. The summed E-state index contributed by atoms with van der Waals surface area (Å²) in [6.07, 6.45) is 1.33. The van der Waals surface area contributed by atoms with Crippen LogP contribution in [-0.2, 0) is 19.5 Å². The molecule has 0 saturated heterocycles. The Morgan fingerprint density at radius 1 is 1.12 bits per heavy atom. The number of alkyl halides is 3. The molecule has 0 unspecified atom stereocenters. The number of carbonyl (C=O) groups excluding carboxylic acids is 1. The maximum atomic E-state index is 13.4. The maximum Gasteiger partial charge on any atom is 0.573 e. The number of benzene rings is 2. The van der Waals surface area contributed by atoms with Crippen molar-refractivity contribution in [1.29, 1.82) is 0 Å². The van der Waals surface area contributed by atoms with E-state index in [0.717, 1.165) is 28.1 Å². The average Bonchev–Trinajstić information content (AvgIpc) is 3.24. The first kappa shape index (κ1) is 27.5. The van der Waals surface area contributed by atoms with E-state index in [4.69, 9.17) is 16.3 Å². The van der Waals surface area contributed by atoms with Crippen molar-refractivity contribution in [3.05, 3.63) is 94.4 Å². The Morgan fingerprint density at radius 3 is 2.62 bits per heavy atom. The van der Waals surface area contributed by atoms with Gasteiger partial charge >= 0.3 is 12.4 Å². The van der Waals surface area contributed by atoms with Crippen LogP contribution in [0.3, 0.4) is 0 Å². The first-order valence-electron chi connectivity index (χ1n) is 12.5. The van der Waals surface area contributed by atoms with Gasteiger partial charge in [0, 0.05) is 55.9 Å². The molecule has 0 atom stereocenters. The number of aromatic nitrogens is 2. The largest absolute Gasteiger partial charge is 0.573 e. The second-order valence-electron chi connectivity index (χ2n) is 9.29. The Kier molecular flexibility index (Phi) is 7.99. The van der Waals surface area contributed by atoms with E-state index in [-0.39, 0.29) is 12.3 Å². The zero-order valence-corrected chi connectivity index (χ0v) is 22.3. The number of nitrogens with zero attached hydrogens (tertiary/aromatic N) is 3. The minimum Gasteiger partial charge on any atom is -0.497 e. The molecule has 0 saturated carbocycles. The molecule has 0 fully saturated rings. The quantitative estimate of drug-likeness (QED) is 0.260. The molecular formula is C29H26ClF3N4O3. The summed E-state index contributed by atoms with van der Waals surface area (Å²) in [5, 5.41) is 3.85. The normalized spacial score (nSPS) is 13.9. The molecule has 1 aliphatic heterocycles. The maximum absolute atomic E-state index is 13.4. The van der Waals surface area contributed by atoms with Crippen LogP contribution in [-0.4, -0.2) is 47.0 Å². The van der Waals surface area contributed by atoms with Gasteiger partial charge in [0.2, 0.25) is 0 Å². The van der Waals surface area contributed by atoms with Gasteiger partial charge < -0.3 is 14.8 Å². The van der Waals surface area contributed by atoms with Gasteiger partial charge in [-0.1, -0.05) is 35.9 Å². The first-order valence-corrected chi connectivity index (χ1v) is 12.9. The molecule has 208 valence electrons. The molecule has 2 aromatic heterocycles. The van der Waals surface area contributed by atoms with Gasteiger partial charge in [0.1, 0.15) is 16.7 Å². The lowest BCUT2D eigenvalue weighted by Gasteiger charge is -2.27. The predicted octanol–water partition coefficient (Wildman–Crippen LogP) is 6.43. The number of fused-ring (bicyclic) bond motifs is 3. The Morgan fingerprint density at radius 2 is 1.90 bits per heavy atom. The summed E-state index contributed by atoms with van der Waals surface area (Å²) in [4.78, 5) is 19.6. The van der Waals surface area contributed by atoms with Crippen molar-refractivity contribution in [2.45, 2.75) is 25.9 Å². The van der Waals surface area contributed by atoms with Crippen molar-refractivity contribution in [3.63, 3.8) is 0 Å². The van der Waals surface area contributed by atoms with Crippen molar-refractivity contribution in [1.82, 2.24) is 19.8 Å². The number of pyridine rings is 1. The third kappa shape index (κ3) is 6.40. The lowest BCUT2D eigenvalue weighted by Crippen LogP contribution is -2.34. The molecule has 5 rings (SSSR count). The average molecular weight is 571 g/mol. The van der Waals surface area contributed by atoms with Crippen molar-refractivity contribution in [2.24, 2.45) is 0 Å². The smallest absolute Gasteiger partial charge is 0.497 e. The molecule has 4 aromatic rings. The molecule has 0 radical (unpaired) electrons. The van der Waals surface area contributed by atoms with Crippen molar-refractivity contribution in [3.8, 4) is 11.5 Å². The summed E-state index contributed by atoms with van der Waals surface area (Å²) < 4.78 is 49.7. The molecule has 3 heterocycles. The first-order chi connectivity index (χ1) is 19.2. The summed E-state index contributed by atoms with van der Waals surface area (Å²) in [7, 11) is 1.62. The lowest BCUT2D eigenvalue weighted by atomic mass is 10.0. The fraction of sp³-hybridized carbons (Fsp3) is 0.241. The number of methoxy groups -OCH3 is 1. The zero-order valence-electron chi connectivity index (χ0n) is 21.5. The van der Waals surface area contributed by atoms with Gasteiger partial charge in [-0.05, 0) is 53.1 Å². The third-order valence-electron chi connectivity index (χ3n) is 6.66. The number of ether oxygens (including phenoxy) is 2. The summed E-state index contributed by atoms with van der Waals surface area (Å²) in [6.45, 7) is 2.06. The van der Waals surface area contributed by atoms with Crippen molar-refractivity contribution >= 4 is 34.6 Å². The van der Waals surface area contributed by atoms with Crippen LogP contribution in [0.5, 0.6) is 11.5 Å². The van der Waals surface area contributed by atoms with Gasteiger partial charge in [-0.25, -0.2) is 9.78 Å². The molecule has 2 aromatic carbocycles. The number of hydrogen-bond donors (Lipinski definition) is 1. The Bertz CT molecular complexity index is 1550. The molecule has 11 heteroatoms. The van der Waals surface area contributed by atoms with Crippen molar-refractivity contribution < 1.29 is 27.4 Å². The third-order valence-corrected chi connectivity index (χ3v) is 6.87. The molecule has 0 bridgehead atoms. The summed E-state index contributed by atoms with van der Waals surface area (Å²) in [5.74, 6) is 0.401. The Labute approximate surface area is 233 Å². The molecule has 1 N–H and O–H groups in total. The zero-order chi connectivity index (χ0) is 28.3. The fourth-order valence-electron chi connectivity index (χ4n) is 4.84. The fourth-order valence-corrected chi connectivity index (χ4v) is 5.04. The molecule has 1 aliphatic rings. The van der Waals surface area contributed by atoms with E-state index < -0.39 is 12.4 Å². The van der Waals surface area contributed by atoms with Crippen molar-refractivity contribution in [2.75, 3.05) is 20.2 Å². The number of rotatable bonds is 7. The van der Waals surface area contributed by atoms with E-state index in [2.05, 4.69) is 26.0 Å². The predicted molar refractivity (Wildman–Crippen MR) is 147 cm³/mol. The number of amides is 1. The highest BCUT2D eigenvalue weighted by molar-refractivity contribution is 6.29. The highest BCUT2D eigenvalue weighted by Crippen LogP contribution is 2.34. The summed E-state index contributed by atoms with van der Waals surface area (Å²) in [6, 6.07) is 14.8. The van der Waals surface area contributed by atoms with Gasteiger partial charge in [-0.3, -0.25) is 9.47 Å². The minimum absolute atomic E-state index is 0.177. The monoisotopic (exact) mass is 570 g/mol. The van der Waals surface area contributed by atoms with Crippen LogP contribution in [0.1, 0.15) is 22.4 Å². The highest BCUT2D eigenvalue weighted by atomic mass is 35.5. The second-order valence-corrected chi connectivity index (χ2v) is 9.68. The minimum atomic E-state index is -4.85. The van der Waals surface area contributed by atoms with Gasteiger partial charge in [-0.15, -0.1) is 13.2 Å². The van der Waals surface area contributed by atoms with Crippen LogP contribution in [0.25, 0.3) is 17.0 Å². The van der Waals surface area contributed by atoms with E-state index in [0.29, 0.717) is 42.1 Å². The number of hydrogen-bond acceptors (Lipinski definition) is 5. The SMILES string of the molecule is COc1ccc(/C=C/CN2CCc3c(c4ccc(OC(F)(F)F)cc4n3C(=O)NCc3ccnc(Cl)c3)C2)cc1. The summed E-state index contributed by atoms with van der Waals surface area (Å²) >= 11 is 5.95. The van der Waals surface area contributed by atoms with Crippen LogP contribution in [0, 0.1) is 0 Å². The Hall–Kier alpha value is -4.02. The lowest BCUT2D eigenvalue weighted by molar-refractivity contribution is -0.274. The molecular weight excluding hydrogens is 545 g/mol. The molecule has 40 heavy (non-hydrogen) atoms. The van der Waals surface area contributed by atoms with Crippen LogP contribution >= 0.6 is 11.6 Å². The van der Waals surface area contributed by atoms with E-state index in [1.165, 1.54) is 22.9 Å².